The molecule has 1 aromatic heterocycles. The Morgan fingerprint density at radius 2 is 1.88 bits per heavy atom. The number of carbonyl (C=O) groups excluding carboxylic acids is 3. The van der Waals surface area contributed by atoms with Gasteiger partial charge in [0.05, 0.1) is 26.7 Å². The number of ether oxygens (including phenoxy) is 3. The number of carbonyl (C=O) groups is 3. The zero-order valence-electron chi connectivity index (χ0n) is 23.5. The molecule has 2 aromatic carbocycles. The number of nitrogens with zero attached hydrogens (tertiary/aromatic N) is 2. The van der Waals surface area contributed by atoms with Crippen LogP contribution in [0.3, 0.4) is 0 Å². The fourth-order valence-electron chi connectivity index (χ4n) is 5.66. The zero-order valence-corrected chi connectivity index (χ0v) is 23.5. The molecule has 2 aliphatic heterocycles. The van der Waals surface area contributed by atoms with Crippen molar-refractivity contribution < 1.29 is 33.1 Å². The predicted octanol–water partition coefficient (Wildman–Crippen LogP) is 4.30. The number of aromatic amines is 1. The summed E-state index contributed by atoms with van der Waals surface area (Å²) < 4.78 is 16.0. The lowest BCUT2D eigenvalue weighted by Gasteiger charge is -2.33. The number of methoxy groups -OCH3 is 1. The molecule has 0 spiro atoms. The first-order chi connectivity index (χ1) is 19.9. The van der Waals surface area contributed by atoms with E-state index in [1.807, 2.05) is 61.5 Å². The van der Waals surface area contributed by atoms with E-state index in [0.717, 1.165) is 49.1 Å². The SMILES string of the molecule is COc1ccc(CCCc2cnc(C(=O)[N+]3(C(=O)NC4CC(=O)OC4OCc4ccccc4)CCC[C@@H]3C)[nH]2)cc1. The van der Waals surface area contributed by atoms with Gasteiger partial charge in [0.15, 0.2) is 0 Å². The predicted molar refractivity (Wildman–Crippen MR) is 150 cm³/mol. The number of cyclic esters (lactones) is 1. The van der Waals surface area contributed by atoms with Gasteiger partial charge in [0.1, 0.15) is 17.8 Å². The van der Waals surface area contributed by atoms with Crippen LogP contribution in [0, 0.1) is 0 Å². The topological polar surface area (TPSA) is 120 Å². The van der Waals surface area contributed by atoms with Crippen LogP contribution >= 0.6 is 0 Å². The molecule has 5 rings (SSSR count). The Morgan fingerprint density at radius 1 is 1.10 bits per heavy atom. The van der Waals surface area contributed by atoms with Crippen molar-refractivity contribution in [3.05, 3.63) is 83.4 Å². The second-order valence-corrected chi connectivity index (χ2v) is 10.8. The van der Waals surface area contributed by atoms with Gasteiger partial charge in [-0.25, -0.2) is 14.6 Å². The number of hydrogen-bond donors (Lipinski definition) is 2. The highest BCUT2D eigenvalue weighted by atomic mass is 16.7. The molecule has 10 heteroatoms. The average Bonchev–Trinajstić information content (AvgIpc) is 3.71. The largest absolute Gasteiger partial charge is 0.497 e. The standard InChI is InChI=1S/C31H36N4O6/c1-21-8-7-17-35(21,31(38)34-26-18-27(36)41-30(26)40-20-23-9-4-3-5-10-23)29(37)28-32-19-24(33-28)12-6-11-22-13-15-25(39-2)16-14-22/h3-5,9-10,13-16,19,21,26,30H,6-8,11-12,17-18,20H2,1-2H3,(H-,32,33,34,37,38)/p+1/t21-,26?,30?,35?/m0/s1. The number of aromatic nitrogens is 2. The summed E-state index contributed by atoms with van der Waals surface area (Å²) in [5.74, 6) is 0.167. The van der Waals surface area contributed by atoms with Crippen molar-refractivity contribution in [1.82, 2.24) is 15.3 Å². The first-order valence-corrected chi connectivity index (χ1v) is 14.1. The number of hydrogen-bond acceptors (Lipinski definition) is 7. The van der Waals surface area contributed by atoms with Crippen molar-refractivity contribution >= 4 is 17.9 Å². The quantitative estimate of drug-likeness (QED) is 0.280. The molecule has 0 saturated carbocycles. The molecular weight excluding hydrogens is 524 g/mol. The summed E-state index contributed by atoms with van der Waals surface area (Å²) in [7, 11) is 1.65. The number of H-pyrrole nitrogens is 1. The zero-order chi connectivity index (χ0) is 28.8. The van der Waals surface area contributed by atoms with Crippen molar-refractivity contribution in [2.75, 3.05) is 13.7 Å². The number of quaternary nitrogens is 1. The summed E-state index contributed by atoms with van der Waals surface area (Å²) in [5, 5.41) is 2.92. The monoisotopic (exact) mass is 561 g/mol. The van der Waals surface area contributed by atoms with Crippen LogP contribution in [-0.2, 0) is 33.7 Å². The molecule has 0 bridgehead atoms. The van der Waals surface area contributed by atoms with E-state index < -0.39 is 28.8 Å². The van der Waals surface area contributed by atoms with E-state index in [0.29, 0.717) is 6.54 Å². The average molecular weight is 562 g/mol. The number of aryl methyl sites for hydroxylation is 2. The van der Waals surface area contributed by atoms with E-state index >= 15 is 0 Å². The van der Waals surface area contributed by atoms with Gasteiger partial charge in [-0.1, -0.05) is 42.5 Å². The number of imide groups is 1. The summed E-state index contributed by atoms with van der Waals surface area (Å²) in [6.07, 6.45) is 4.64. The Balaban J connectivity index is 1.23. The number of likely N-dealkylation sites (tertiary alicyclic amines) is 1. The molecule has 2 saturated heterocycles. The van der Waals surface area contributed by atoms with Crippen molar-refractivity contribution in [3.63, 3.8) is 0 Å². The van der Waals surface area contributed by atoms with E-state index in [9.17, 15) is 14.4 Å². The third-order valence-corrected chi connectivity index (χ3v) is 8.04. The Morgan fingerprint density at radius 3 is 2.59 bits per heavy atom. The number of rotatable bonds is 10. The molecule has 3 aromatic rings. The Hall–Kier alpha value is -4.02. The maximum Gasteiger partial charge on any atom is 0.425 e. The summed E-state index contributed by atoms with van der Waals surface area (Å²) in [6, 6.07) is 16.1. The minimum atomic E-state index is -0.930. The lowest BCUT2D eigenvalue weighted by molar-refractivity contribution is -0.778. The van der Waals surface area contributed by atoms with Gasteiger partial charge in [-0.2, -0.15) is 4.48 Å². The van der Waals surface area contributed by atoms with Crippen LogP contribution in [0.4, 0.5) is 4.79 Å². The number of nitrogens with one attached hydrogen (secondary N) is 2. The third-order valence-electron chi connectivity index (χ3n) is 8.04. The van der Waals surface area contributed by atoms with Crippen molar-refractivity contribution in [2.24, 2.45) is 0 Å². The van der Waals surface area contributed by atoms with Crippen LogP contribution in [0.15, 0.2) is 60.8 Å². The van der Waals surface area contributed by atoms with E-state index in [1.54, 1.807) is 13.3 Å². The van der Waals surface area contributed by atoms with Gasteiger partial charge < -0.3 is 19.2 Å². The molecule has 10 nitrogen and oxygen atoms in total. The van der Waals surface area contributed by atoms with Gasteiger partial charge in [0, 0.05) is 24.7 Å². The molecule has 3 heterocycles. The molecule has 0 aliphatic carbocycles. The van der Waals surface area contributed by atoms with Crippen molar-refractivity contribution in [3.8, 4) is 5.75 Å². The van der Waals surface area contributed by atoms with Gasteiger partial charge in [-0.3, -0.25) is 10.1 Å². The van der Waals surface area contributed by atoms with Gasteiger partial charge in [-0.15, -0.1) is 0 Å². The highest BCUT2D eigenvalue weighted by Crippen LogP contribution is 2.31. The molecule has 216 valence electrons. The molecule has 0 radical (unpaired) electrons. The highest BCUT2D eigenvalue weighted by Gasteiger charge is 2.55. The third kappa shape index (κ3) is 6.34. The lowest BCUT2D eigenvalue weighted by atomic mass is 10.1. The van der Waals surface area contributed by atoms with Crippen LogP contribution in [0.1, 0.15) is 60.0 Å². The Bertz CT molecular complexity index is 1360. The molecule has 4 atom stereocenters. The van der Waals surface area contributed by atoms with Crippen LogP contribution in [0.2, 0.25) is 0 Å². The van der Waals surface area contributed by atoms with Crippen molar-refractivity contribution in [1.29, 1.82) is 0 Å². The fraction of sp³-hybridized carbons (Fsp3) is 0.419. The molecule has 2 N–H and O–H groups in total. The lowest BCUT2D eigenvalue weighted by Crippen LogP contribution is -2.64. The van der Waals surface area contributed by atoms with Crippen LogP contribution in [0.5, 0.6) is 5.75 Å². The molecule has 2 fully saturated rings. The second kappa shape index (κ2) is 12.7. The number of amides is 3. The van der Waals surface area contributed by atoms with Crippen LogP contribution in [-0.4, -0.2) is 64.4 Å². The maximum atomic E-state index is 13.9. The molecular formula is C31H37N4O6+. The first kappa shape index (κ1) is 28.5. The smallest absolute Gasteiger partial charge is 0.425 e. The van der Waals surface area contributed by atoms with E-state index in [-0.39, 0.29) is 30.8 Å². The van der Waals surface area contributed by atoms with E-state index in [2.05, 4.69) is 15.3 Å². The molecule has 3 amide bonds. The highest BCUT2D eigenvalue weighted by molar-refractivity contribution is 5.93. The van der Waals surface area contributed by atoms with E-state index in [4.69, 9.17) is 14.2 Å². The molecule has 2 aliphatic rings. The number of urea groups is 1. The fourth-order valence-corrected chi connectivity index (χ4v) is 5.66. The second-order valence-electron chi connectivity index (χ2n) is 10.8. The van der Waals surface area contributed by atoms with Crippen molar-refractivity contribution in [2.45, 2.75) is 70.4 Å². The summed E-state index contributed by atoms with van der Waals surface area (Å²) >= 11 is 0. The van der Waals surface area contributed by atoms with Gasteiger partial charge >= 0.3 is 17.9 Å². The number of benzene rings is 2. The maximum absolute atomic E-state index is 13.9. The van der Waals surface area contributed by atoms with Crippen LogP contribution in [0.25, 0.3) is 0 Å². The molecule has 3 unspecified atom stereocenters. The van der Waals surface area contributed by atoms with Crippen LogP contribution < -0.4 is 10.1 Å². The summed E-state index contributed by atoms with van der Waals surface area (Å²) in [5.41, 5.74) is 2.97. The Kier molecular flexibility index (Phi) is 8.80. The molecule has 41 heavy (non-hydrogen) atoms. The van der Waals surface area contributed by atoms with Gasteiger partial charge in [-0.05, 0) is 49.4 Å². The van der Waals surface area contributed by atoms with Gasteiger partial charge in [0.2, 0.25) is 12.1 Å². The van der Waals surface area contributed by atoms with E-state index in [1.165, 1.54) is 5.56 Å². The normalized spacial score (nSPS) is 23.8. The minimum absolute atomic E-state index is 0.0210. The summed E-state index contributed by atoms with van der Waals surface area (Å²) in [4.78, 5) is 47.4. The summed E-state index contributed by atoms with van der Waals surface area (Å²) in [6.45, 7) is 2.49. The number of esters is 1. The minimum Gasteiger partial charge on any atom is -0.497 e. The first-order valence-electron chi connectivity index (χ1n) is 14.1. The Labute approximate surface area is 239 Å². The number of imidazole rings is 1. The van der Waals surface area contributed by atoms with Gasteiger partial charge in [0.25, 0.3) is 0 Å².